The van der Waals surface area contributed by atoms with E-state index >= 15 is 0 Å². The normalized spacial score (nSPS) is 11.2. The van der Waals surface area contributed by atoms with Crippen LogP contribution in [0.25, 0.3) is 0 Å². The lowest BCUT2D eigenvalue weighted by Crippen LogP contribution is -2.20. The Morgan fingerprint density at radius 2 is 1.78 bits per heavy atom. The first-order valence-electron chi connectivity index (χ1n) is 6.30. The molecule has 8 heteroatoms. The van der Waals surface area contributed by atoms with Gasteiger partial charge in [0.15, 0.2) is 18.2 Å². The Labute approximate surface area is 127 Å². The van der Waals surface area contributed by atoms with Gasteiger partial charge in [0, 0.05) is 11.8 Å². The van der Waals surface area contributed by atoms with Gasteiger partial charge in [-0.2, -0.15) is 13.2 Å². The van der Waals surface area contributed by atoms with Crippen molar-refractivity contribution in [1.82, 2.24) is 0 Å². The fourth-order valence-corrected chi connectivity index (χ4v) is 1.69. The van der Waals surface area contributed by atoms with Gasteiger partial charge < -0.3 is 10.1 Å². The third-order valence-electron chi connectivity index (χ3n) is 2.73. The van der Waals surface area contributed by atoms with Crippen LogP contribution in [0.2, 0.25) is 0 Å². The van der Waals surface area contributed by atoms with Crippen LogP contribution in [0, 0.1) is 11.6 Å². The molecule has 0 spiro atoms. The Kier molecular flexibility index (Phi) is 4.83. The van der Waals surface area contributed by atoms with Crippen molar-refractivity contribution in [2.75, 3.05) is 11.9 Å². The molecule has 2 aromatic rings. The number of carbonyl (C=O) groups excluding carboxylic acids is 1. The van der Waals surface area contributed by atoms with Crippen LogP contribution in [0.3, 0.4) is 0 Å². The van der Waals surface area contributed by atoms with E-state index < -0.39 is 35.9 Å². The highest BCUT2D eigenvalue weighted by Crippen LogP contribution is 2.30. The second kappa shape index (κ2) is 6.64. The van der Waals surface area contributed by atoms with Crippen LogP contribution >= 0.6 is 0 Å². The molecule has 0 unspecified atom stereocenters. The summed E-state index contributed by atoms with van der Waals surface area (Å²) in [5, 5.41) is 2.22. The van der Waals surface area contributed by atoms with Gasteiger partial charge >= 0.3 is 6.18 Å². The quantitative estimate of drug-likeness (QED) is 0.860. The molecule has 0 heterocycles. The molecule has 122 valence electrons. The number of hydrogen-bond donors (Lipinski definition) is 1. The summed E-state index contributed by atoms with van der Waals surface area (Å²) in [6.07, 6.45) is -4.52. The van der Waals surface area contributed by atoms with Crippen molar-refractivity contribution in [3.05, 3.63) is 59.7 Å². The van der Waals surface area contributed by atoms with Crippen LogP contribution in [0.4, 0.5) is 27.6 Å². The summed E-state index contributed by atoms with van der Waals surface area (Å²) in [6.45, 7) is -0.568. The summed E-state index contributed by atoms with van der Waals surface area (Å²) in [7, 11) is 0. The van der Waals surface area contributed by atoms with Crippen LogP contribution < -0.4 is 10.1 Å². The Bertz CT molecular complexity index is 715. The number of benzene rings is 2. The van der Waals surface area contributed by atoms with Crippen LogP contribution in [0.5, 0.6) is 5.75 Å². The summed E-state index contributed by atoms with van der Waals surface area (Å²) >= 11 is 0. The van der Waals surface area contributed by atoms with E-state index in [2.05, 4.69) is 5.32 Å². The van der Waals surface area contributed by atoms with E-state index in [0.717, 1.165) is 36.4 Å². The molecule has 0 saturated heterocycles. The number of rotatable bonds is 4. The number of hydrogen-bond acceptors (Lipinski definition) is 2. The molecule has 0 atom stereocenters. The number of anilines is 1. The van der Waals surface area contributed by atoms with Gasteiger partial charge in [-0.15, -0.1) is 0 Å². The van der Waals surface area contributed by atoms with Crippen molar-refractivity contribution in [2.24, 2.45) is 0 Å². The van der Waals surface area contributed by atoms with Crippen molar-refractivity contribution in [1.29, 1.82) is 0 Å². The molecule has 1 N–H and O–H groups in total. The molecule has 2 aromatic carbocycles. The van der Waals surface area contributed by atoms with Crippen LogP contribution in [0.1, 0.15) is 5.56 Å². The Morgan fingerprint density at radius 1 is 1.04 bits per heavy atom. The largest absolute Gasteiger partial charge is 0.484 e. The molecule has 0 aromatic heterocycles. The molecule has 0 saturated carbocycles. The van der Waals surface area contributed by atoms with Gasteiger partial charge in [0.1, 0.15) is 5.75 Å². The third kappa shape index (κ3) is 4.67. The minimum absolute atomic E-state index is 0.0567. The average molecular weight is 331 g/mol. The summed E-state index contributed by atoms with van der Waals surface area (Å²) in [5.74, 6) is -3.02. The summed E-state index contributed by atoms with van der Waals surface area (Å²) in [5.41, 5.74) is -0.962. The maximum Gasteiger partial charge on any atom is 0.416 e. The highest BCUT2D eigenvalue weighted by atomic mass is 19.4. The standard InChI is InChI=1S/C15H10F5NO2/c16-12-5-4-11(7-13(12)17)23-8-14(22)21-10-3-1-2-9(6-10)15(18,19)20/h1-7H,8H2,(H,21,22). The van der Waals surface area contributed by atoms with Crippen molar-refractivity contribution in [3.8, 4) is 5.75 Å². The summed E-state index contributed by atoms with van der Waals surface area (Å²) in [6, 6.07) is 6.78. The van der Waals surface area contributed by atoms with Crippen molar-refractivity contribution in [3.63, 3.8) is 0 Å². The van der Waals surface area contributed by atoms with Gasteiger partial charge in [-0.3, -0.25) is 4.79 Å². The number of amides is 1. The van der Waals surface area contributed by atoms with E-state index in [1.165, 1.54) is 6.07 Å². The summed E-state index contributed by atoms with van der Waals surface area (Å²) in [4.78, 5) is 11.6. The van der Waals surface area contributed by atoms with Gasteiger partial charge in [0.05, 0.1) is 5.56 Å². The first kappa shape index (κ1) is 16.7. The molecular weight excluding hydrogens is 321 g/mol. The molecule has 0 aliphatic heterocycles. The van der Waals surface area contributed by atoms with E-state index in [0.29, 0.717) is 0 Å². The molecule has 3 nitrogen and oxygen atoms in total. The molecule has 1 amide bonds. The molecule has 2 rings (SSSR count). The number of carbonyl (C=O) groups is 1. The minimum atomic E-state index is -4.52. The first-order valence-corrected chi connectivity index (χ1v) is 6.30. The average Bonchev–Trinajstić information content (AvgIpc) is 2.48. The fourth-order valence-electron chi connectivity index (χ4n) is 1.69. The topological polar surface area (TPSA) is 38.3 Å². The number of nitrogens with one attached hydrogen (secondary N) is 1. The minimum Gasteiger partial charge on any atom is -0.484 e. The van der Waals surface area contributed by atoms with Crippen LogP contribution in [0.15, 0.2) is 42.5 Å². The monoisotopic (exact) mass is 331 g/mol. The van der Waals surface area contributed by atoms with Crippen molar-refractivity contribution < 1.29 is 31.5 Å². The maximum atomic E-state index is 12.9. The second-order valence-corrected chi connectivity index (χ2v) is 4.49. The molecular formula is C15H10F5NO2. The molecule has 0 fully saturated rings. The van der Waals surface area contributed by atoms with Crippen molar-refractivity contribution >= 4 is 11.6 Å². The molecule has 0 bridgehead atoms. The Morgan fingerprint density at radius 3 is 2.43 bits per heavy atom. The molecule has 0 aliphatic rings. The van der Waals surface area contributed by atoms with E-state index in [-0.39, 0.29) is 11.4 Å². The molecule has 0 aliphatic carbocycles. The fraction of sp³-hybridized carbons (Fsp3) is 0.133. The SMILES string of the molecule is O=C(COc1ccc(F)c(F)c1)Nc1cccc(C(F)(F)F)c1. The number of halogens is 5. The zero-order valence-electron chi connectivity index (χ0n) is 11.5. The predicted molar refractivity (Wildman–Crippen MR) is 71.9 cm³/mol. The van der Waals surface area contributed by atoms with Gasteiger partial charge in [-0.25, -0.2) is 8.78 Å². The summed E-state index contributed by atoms with van der Waals surface area (Å²) < 4.78 is 68.2. The predicted octanol–water partition coefficient (Wildman–Crippen LogP) is 4.00. The van der Waals surface area contributed by atoms with E-state index in [1.807, 2.05) is 0 Å². The molecule has 0 radical (unpaired) electrons. The lowest BCUT2D eigenvalue weighted by molar-refractivity contribution is -0.137. The van der Waals surface area contributed by atoms with Gasteiger partial charge in [0.25, 0.3) is 5.91 Å². The Hall–Kier alpha value is -2.64. The van der Waals surface area contributed by atoms with Gasteiger partial charge in [-0.1, -0.05) is 6.07 Å². The highest BCUT2D eigenvalue weighted by molar-refractivity contribution is 5.91. The van der Waals surface area contributed by atoms with E-state index in [9.17, 15) is 26.7 Å². The zero-order valence-corrected chi connectivity index (χ0v) is 11.5. The van der Waals surface area contributed by atoms with Crippen LogP contribution in [-0.4, -0.2) is 12.5 Å². The van der Waals surface area contributed by atoms with E-state index in [1.54, 1.807) is 0 Å². The van der Waals surface area contributed by atoms with Gasteiger partial charge in [-0.05, 0) is 30.3 Å². The number of ether oxygens (including phenoxy) is 1. The zero-order chi connectivity index (χ0) is 17.0. The number of alkyl halides is 3. The maximum absolute atomic E-state index is 12.9. The first-order chi connectivity index (χ1) is 10.8. The lowest BCUT2D eigenvalue weighted by atomic mass is 10.2. The third-order valence-corrected chi connectivity index (χ3v) is 2.73. The Balaban J connectivity index is 1.96. The second-order valence-electron chi connectivity index (χ2n) is 4.49. The lowest BCUT2D eigenvalue weighted by Gasteiger charge is -2.10. The van der Waals surface area contributed by atoms with E-state index in [4.69, 9.17) is 4.74 Å². The van der Waals surface area contributed by atoms with Crippen LogP contribution in [-0.2, 0) is 11.0 Å². The van der Waals surface area contributed by atoms with Crippen molar-refractivity contribution in [2.45, 2.75) is 6.18 Å². The smallest absolute Gasteiger partial charge is 0.416 e. The molecule has 23 heavy (non-hydrogen) atoms. The highest BCUT2D eigenvalue weighted by Gasteiger charge is 2.30. The van der Waals surface area contributed by atoms with Gasteiger partial charge in [0.2, 0.25) is 0 Å².